The number of urea groups is 1. The van der Waals surface area contributed by atoms with E-state index in [1.807, 2.05) is 62.5 Å². The van der Waals surface area contributed by atoms with Crippen molar-refractivity contribution in [2.24, 2.45) is 0 Å². The topological polar surface area (TPSA) is 61.4 Å². The van der Waals surface area contributed by atoms with E-state index in [-0.39, 0.29) is 18.0 Å². The van der Waals surface area contributed by atoms with Gasteiger partial charge in [0.25, 0.3) is 0 Å². The lowest BCUT2D eigenvalue weighted by atomic mass is 10.1. The summed E-state index contributed by atoms with van der Waals surface area (Å²) in [6.45, 7) is 7.21. The van der Waals surface area contributed by atoms with Crippen molar-refractivity contribution in [2.75, 3.05) is 18.4 Å². The lowest BCUT2D eigenvalue weighted by Crippen LogP contribution is -2.34. The van der Waals surface area contributed by atoms with E-state index >= 15 is 0 Å². The number of nitrogens with zero attached hydrogens (tertiary/aromatic N) is 1. The van der Waals surface area contributed by atoms with Crippen molar-refractivity contribution in [3.8, 4) is 0 Å². The largest absolute Gasteiger partial charge is 0.349 e. The highest BCUT2D eigenvalue weighted by atomic mass is 32.1. The van der Waals surface area contributed by atoms with Gasteiger partial charge in [-0.3, -0.25) is 4.79 Å². The first-order valence-electron chi connectivity index (χ1n) is 8.51. The number of benzene rings is 1. The van der Waals surface area contributed by atoms with E-state index in [0.29, 0.717) is 19.5 Å². The molecule has 1 aromatic heterocycles. The Morgan fingerprint density at radius 1 is 1.12 bits per heavy atom. The standard InChI is InChI=1S/C19H25N3O2S/c1-4-22(5-2)19(24)21-16-10-8-15(9-11-16)14(3)20-18(23)13-17-7-6-12-25-17/h6-12,14H,4-5,13H2,1-3H3,(H,20,23)(H,21,24). The Labute approximate surface area is 153 Å². The Kier molecular flexibility index (Phi) is 7.01. The third-order valence-electron chi connectivity index (χ3n) is 4.00. The molecule has 0 aliphatic rings. The van der Waals surface area contributed by atoms with Crippen molar-refractivity contribution >= 4 is 29.0 Å². The highest BCUT2D eigenvalue weighted by molar-refractivity contribution is 7.10. The minimum atomic E-state index is -0.102. The van der Waals surface area contributed by atoms with Crippen LogP contribution in [0.15, 0.2) is 41.8 Å². The average molecular weight is 359 g/mol. The van der Waals surface area contributed by atoms with Gasteiger partial charge in [-0.1, -0.05) is 18.2 Å². The molecular formula is C19H25N3O2S. The number of anilines is 1. The van der Waals surface area contributed by atoms with E-state index < -0.39 is 0 Å². The Bertz CT molecular complexity index is 679. The summed E-state index contributed by atoms with van der Waals surface area (Å²) in [6.07, 6.45) is 0.403. The fourth-order valence-electron chi connectivity index (χ4n) is 2.52. The summed E-state index contributed by atoms with van der Waals surface area (Å²) in [6, 6.07) is 11.3. The van der Waals surface area contributed by atoms with Crippen molar-refractivity contribution in [3.05, 3.63) is 52.2 Å². The zero-order chi connectivity index (χ0) is 18.2. The molecule has 0 radical (unpaired) electrons. The summed E-state index contributed by atoms with van der Waals surface area (Å²) >= 11 is 1.58. The predicted octanol–water partition coefficient (Wildman–Crippen LogP) is 4.04. The summed E-state index contributed by atoms with van der Waals surface area (Å²) in [5, 5.41) is 7.85. The third kappa shape index (κ3) is 5.60. The quantitative estimate of drug-likeness (QED) is 0.784. The highest BCUT2D eigenvalue weighted by Crippen LogP contribution is 2.17. The summed E-state index contributed by atoms with van der Waals surface area (Å²) in [5.74, 6) is 0.00821. The minimum absolute atomic E-state index is 0.00821. The maximum absolute atomic E-state index is 12.1. The number of hydrogen-bond donors (Lipinski definition) is 2. The molecule has 0 aliphatic heterocycles. The van der Waals surface area contributed by atoms with Crippen LogP contribution in [-0.2, 0) is 11.2 Å². The summed E-state index contributed by atoms with van der Waals surface area (Å²) in [4.78, 5) is 26.9. The first-order chi connectivity index (χ1) is 12.0. The molecule has 134 valence electrons. The van der Waals surface area contributed by atoms with Crippen LogP contribution >= 0.6 is 11.3 Å². The van der Waals surface area contributed by atoms with Gasteiger partial charge in [0.05, 0.1) is 12.5 Å². The molecule has 2 N–H and O–H groups in total. The highest BCUT2D eigenvalue weighted by Gasteiger charge is 2.12. The van der Waals surface area contributed by atoms with Gasteiger partial charge in [-0.2, -0.15) is 0 Å². The number of nitrogens with one attached hydrogen (secondary N) is 2. The van der Waals surface area contributed by atoms with Crippen molar-refractivity contribution < 1.29 is 9.59 Å². The molecular weight excluding hydrogens is 334 g/mol. The lowest BCUT2D eigenvalue weighted by Gasteiger charge is -2.19. The first-order valence-corrected chi connectivity index (χ1v) is 9.39. The molecule has 0 saturated heterocycles. The molecule has 0 aliphatic carbocycles. The van der Waals surface area contributed by atoms with Crippen LogP contribution < -0.4 is 10.6 Å². The van der Waals surface area contributed by atoms with E-state index in [9.17, 15) is 9.59 Å². The van der Waals surface area contributed by atoms with Crippen molar-refractivity contribution in [1.29, 1.82) is 0 Å². The number of amides is 3. The molecule has 1 aromatic carbocycles. The molecule has 6 heteroatoms. The van der Waals surface area contributed by atoms with Gasteiger partial charge < -0.3 is 15.5 Å². The maximum atomic E-state index is 12.1. The molecule has 2 rings (SSSR count). The van der Waals surface area contributed by atoms with Crippen LogP contribution in [0, 0.1) is 0 Å². The van der Waals surface area contributed by atoms with E-state index in [1.165, 1.54) is 0 Å². The SMILES string of the molecule is CCN(CC)C(=O)Nc1ccc(C(C)NC(=O)Cc2cccs2)cc1. The van der Waals surface area contributed by atoms with Crippen molar-refractivity contribution in [1.82, 2.24) is 10.2 Å². The predicted molar refractivity (Wildman–Crippen MR) is 103 cm³/mol. The van der Waals surface area contributed by atoms with Gasteiger partial charge in [0.1, 0.15) is 0 Å². The van der Waals surface area contributed by atoms with Crippen molar-refractivity contribution in [3.63, 3.8) is 0 Å². The van der Waals surface area contributed by atoms with Crippen molar-refractivity contribution in [2.45, 2.75) is 33.2 Å². The van der Waals surface area contributed by atoms with Crippen LogP contribution in [0.5, 0.6) is 0 Å². The molecule has 0 saturated carbocycles. The Morgan fingerprint density at radius 2 is 1.80 bits per heavy atom. The molecule has 1 heterocycles. The number of hydrogen-bond acceptors (Lipinski definition) is 3. The zero-order valence-corrected chi connectivity index (χ0v) is 15.7. The number of carbonyl (C=O) groups is 2. The Balaban J connectivity index is 1.90. The van der Waals surface area contributed by atoms with E-state index in [0.717, 1.165) is 16.1 Å². The lowest BCUT2D eigenvalue weighted by molar-refractivity contribution is -0.121. The second kappa shape index (κ2) is 9.22. The second-order valence-electron chi connectivity index (χ2n) is 5.77. The van der Waals surface area contributed by atoms with Gasteiger partial charge in [0, 0.05) is 23.7 Å². The fraction of sp³-hybridized carbons (Fsp3) is 0.368. The fourth-order valence-corrected chi connectivity index (χ4v) is 3.22. The van der Waals surface area contributed by atoms with Gasteiger partial charge in [-0.15, -0.1) is 11.3 Å². The zero-order valence-electron chi connectivity index (χ0n) is 14.9. The van der Waals surface area contributed by atoms with Gasteiger partial charge in [-0.05, 0) is 49.9 Å². The molecule has 0 fully saturated rings. The second-order valence-corrected chi connectivity index (χ2v) is 6.80. The maximum Gasteiger partial charge on any atom is 0.321 e. The van der Waals surface area contributed by atoms with Crippen LogP contribution in [-0.4, -0.2) is 29.9 Å². The van der Waals surface area contributed by atoms with Gasteiger partial charge >= 0.3 is 6.03 Å². The Hall–Kier alpha value is -2.34. The van der Waals surface area contributed by atoms with Gasteiger partial charge in [-0.25, -0.2) is 4.79 Å². The monoisotopic (exact) mass is 359 g/mol. The smallest absolute Gasteiger partial charge is 0.321 e. The Morgan fingerprint density at radius 3 is 2.36 bits per heavy atom. The molecule has 1 atom stereocenters. The molecule has 2 aromatic rings. The van der Waals surface area contributed by atoms with Crippen LogP contribution in [0.2, 0.25) is 0 Å². The number of rotatable bonds is 7. The molecule has 0 spiro atoms. The normalized spacial score (nSPS) is 11.6. The molecule has 0 bridgehead atoms. The molecule has 1 unspecified atom stereocenters. The third-order valence-corrected chi connectivity index (χ3v) is 4.88. The number of carbonyl (C=O) groups excluding carboxylic acids is 2. The summed E-state index contributed by atoms with van der Waals surface area (Å²) in [5.41, 5.74) is 1.75. The van der Waals surface area contributed by atoms with E-state index in [1.54, 1.807) is 16.2 Å². The molecule has 5 nitrogen and oxygen atoms in total. The van der Waals surface area contributed by atoms with Gasteiger partial charge in [0.15, 0.2) is 0 Å². The van der Waals surface area contributed by atoms with E-state index in [2.05, 4.69) is 10.6 Å². The molecule has 25 heavy (non-hydrogen) atoms. The number of thiophene rings is 1. The summed E-state index contributed by atoms with van der Waals surface area (Å²) < 4.78 is 0. The first kappa shape index (κ1) is 19.0. The van der Waals surface area contributed by atoms with Crippen LogP contribution in [0.4, 0.5) is 10.5 Å². The average Bonchev–Trinajstić information content (AvgIpc) is 3.09. The van der Waals surface area contributed by atoms with E-state index in [4.69, 9.17) is 0 Å². The minimum Gasteiger partial charge on any atom is -0.349 e. The van der Waals surface area contributed by atoms with Crippen LogP contribution in [0.1, 0.15) is 37.3 Å². The van der Waals surface area contributed by atoms with Crippen LogP contribution in [0.3, 0.4) is 0 Å². The van der Waals surface area contributed by atoms with Gasteiger partial charge in [0.2, 0.25) is 5.91 Å². The molecule has 3 amide bonds. The van der Waals surface area contributed by atoms with Crippen LogP contribution in [0.25, 0.3) is 0 Å². The summed E-state index contributed by atoms with van der Waals surface area (Å²) in [7, 11) is 0.